The van der Waals surface area contributed by atoms with Crippen LogP contribution >= 0.6 is 11.6 Å². The van der Waals surface area contributed by atoms with Gasteiger partial charge in [0.1, 0.15) is 19.4 Å². The fraction of sp³-hybridized carbons (Fsp3) is 0.481. The van der Waals surface area contributed by atoms with E-state index in [9.17, 15) is 8.78 Å². The van der Waals surface area contributed by atoms with Gasteiger partial charge in [-0.1, -0.05) is 44.0 Å². The summed E-state index contributed by atoms with van der Waals surface area (Å²) in [4.78, 5) is 16.0. The van der Waals surface area contributed by atoms with E-state index in [1.807, 2.05) is 37.8 Å². The van der Waals surface area contributed by atoms with Crippen LogP contribution in [0.25, 0.3) is 0 Å². The third-order valence-electron chi connectivity index (χ3n) is 7.36. The average Bonchev–Trinajstić information content (AvgIpc) is 3.33. The summed E-state index contributed by atoms with van der Waals surface area (Å²) >= 11 is 5.67. The zero-order valence-electron chi connectivity index (χ0n) is 19.9. The first-order valence-electron chi connectivity index (χ1n) is 11.4. The topological polar surface area (TPSA) is 52.6 Å². The lowest BCUT2D eigenvalue weighted by atomic mass is 9.52. The molecule has 186 valence electrons. The maximum Gasteiger partial charge on any atom is 0.165 e. The Morgan fingerprint density at radius 2 is 1.65 bits per heavy atom. The molecular weight excluding hydrogens is 462 g/mol. The van der Waals surface area contributed by atoms with E-state index >= 15 is 0 Å². The van der Waals surface area contributed by atoms with Crippen molar-refractivity contribution in [3.8, 4) is 5.75 Å². The highest BCUT2D eigenvalue weighted by atomic mass is 35.5. The molecule has 0 amide bonds. The third kappa shape index (κ3) is 5.49. The molecule has 2 fully saturated rings. The van der Waals surface area contributed by atoms with E-state index in [2.05, 4.69) is 13.8 Å². The van der Waals surface area contributed by atoms with Gasteiger partial charge in [-0.25, -0.2) is 8.78 Å². The maximum atomic E-state index is 14.5. The number of aryl methyl sites for hydroxylation is 1. The second-order valence-corrected chi connectivity index (χ2v) is 9.45. The molecule has 0 N–H and O–H groups in total. The van der Waals surface area contributed by atoms with Crippen molar-refractivity contribution in [3.63, 3.8) is 0 Å². The first kappa shape index (κ1) is 27.9. The highest BCUT2D eigenvalue weighted by Crippen LogP contribution is 2.59. The molecule has 1 saturated heterocycles. The van der Waals surface area contributed by atoms with Gasteiger partial charge >= 0.3 is 0 Å². The van der Waals surface area contributed by atoms with Crippen LogP contribution in [0, 0.1) is 23.0 Å². The van der Waals surface area contributed by atoms with Crippen molar-refractivity contribution < 1.29 is 27.8 Å². The molecule has 0 aromatic heterocycles. The Kier molecular flexibility index (Phi) is 10.2. The lowest BCUT2D eigenvalue weighted by molar-refractivity contribution is -0.0987. The first-order valence-corrected chi connectivity index (χ1v) is 11.8. The highest BCUT2D eigenvalue weighted by Gasteiger charge is 2.57. The van der Waals surface area contributed by atoms with Crippen LogP contribution in [0.3, 0.4) is 0 Å². The molecule has 7 heteroatoms. The number of ether oxygens (including phenoxy) is 2. The van der Waals surface area contributed by atoms with E-state index in [0.29, 0.717) is 12.2 Å². The summed E-state index contributed by atoms with van der Waals surface area (Å²) < 4.78 is 39.8. The van der Waals surface area contributed by atoms with Gasteiger partial charge in [-0.05, 0) is 55.5 Å². The van der Waals surface area contributed by atoms with Gasteiger partial charge in [-0.3, -0.25) is 0 Å². The molecule has 34 heavy (non-hydrogen) atoms. The standard InChI is InChI=1S/C17H20F2O2.C8H9Cl.2CH2O/c1-16-5-2-6-17(7-8-20-10-17)13(16)9-21-15-12(19)4-3-11(18)14(15)16;1-2-7-3-5-8(9)6-4-7;2*1-2/h3-4,13H,2,5-10H2,1H3;3-6H,2H2,1H3;2*1H2/t13?,16-,17-;;;/m1.../s1. The molecule has 5 rings (SSSR count). The fourth-order valence-electron chi connectivity index (χ4n) is 5.68. The van der Waals surface area contributed by atoms with Gasteiger partial charge in [0.25, 0.3) is 0 Å². The minimum atomic E-state index is -0.451. The first-order chi connectivity index (χ1) is 16.4. The van der Waals surface area contributed by atoms with Crippen molar-refractivity contribution in [1.82, 2.24) is 0 Å². The number of fused-ring (bicyclic) bond motifs is 4. The third-order valence-corrected chi connectivity index (χ3v) is 7.61. The molecule has 4 nitrogen and oxygen atoms in total. The summed E-state index contributed by atoms with van der Waals surface area (Å²) in [6.45, 7) is 10.2. The molecule has 3 atom stereocenters. The largest absolute Gasteiger partial charge is 0.490 e. The molecule has 2 aromatic rings. The van der Waals surface area contributed by atoms with Crippen LogP contribution in [0.2, 0.25) is 5.02 Å². The minimum absolute atomic E-state index is 0.0729. The zero-order valence-corrected chi connectivity index (χ0v) is 20.6. The number of benzene rings is 2. The van der Waals surface area contributed by atoms with E-state index in [1.165, 1.54) is 11.6 Å². The molecule has 1 unspecified atom stereocenters. The van der Waals surface area contributed by atoms with Gasteiger partial charge in [0.2, 0.25) is 0 Å². The van der Waals surface area contributed by atoms with Crippen LogP contribution < -0.4 is 4.74 Å². The normalized spacial score (nSPS) is 26.2. The predicted molar refractivity (Wildman–Crippen MR) is 129 cm³/mol. The van der Waals surface area contributed by atoms with Gasteiger partial charge in [0.05, 0.1) is 13.2 Å². The number of carbonyl (C=O) groups excluding carboxylic acids is 2. The lowest BCUT2D eigenvalue weighted by Crippen LogP contribution is -2.53. The molecule has 1 saturated carbocycles. The van der Waals surface area contributed by atoms with E-state index in [0.717, 1.165) is 56.4 Å². The van der Waals surface area contributed by atoms with E-state index < -0.39 is 5.82 Å². The Labute approximate surface area is 205 Å². The Bertz CT molecular complexity index is 929. The van der Waals surface area contributed by atoms with Crippen molar-refractivity contribution in [2.75, 3.05) is 19.8 Å². The van der Waals surface area contributed by atoms with Gasteiger partial charge < -0.3 is 19.1 Å². The van der Waals surface area contributed by atoms with Gasteiger partial charge in [-0.15, -0.1) is 0 Å². The van der Waals surface area contributed by atoms with Gasteiger partial charge in [-0.2, -0.15) is 0 Å². The number of halogens is 3. The molecule has 3 aliphatic rings. The molecule has 2 heterocycles. The summed E-state index contributed by atoms with van der Waals surface area (Å²) in [6, 6.07) is 10.3. The predicted octanol–water partition coefficient (Wildman–Crippen LogP) is 6.35. The summed E-state index contributed by atoms with van der Waals surface area (Å²) in [5.74, 6) is -0.460. The Morgan fingerprint density at radius 1 is 1.00 bits per heavy atom. The van der Waals surface area contributed by atoms with E-state index in [-0.39, 0.29) is 28.3 Å². The monoisotopic (exact) mass is 494 g/mol. The van der Waals surface area contributed by atoms with Crippen molar-refractivity contribution in [2.45, 2.75) is 51.4 Å². The highest BCUT2D eigenvalue weighted by molar-refractivity contribution is 6.30. The molecule has 1 aliphatic carbocycles. The van der Waals surface area contributed by atoms with Crippen LogP contribution in [0.5, 0.6) is 5.75 Å². The molecule has 1 spiro atoms. The quantitative estimate of drug-likeness (QED) is 0.463. The molecule has 0 radical (unpaired) electrons. The van der Waals surface area contributed by atoms with Gasteiger partial charge in [0, 0.05) is 33.9 Å². The van der Waals surface area contributed by atoms with Crippen molar-refractivity contribution in [1.29, 1.82) is 0 Å². The van der Waals surface area contributed by atoms with Crippen LogP contribution in [-0.2, 0) is 26.2 Å². The molecule has 0 bridgehead atoms. The van der Waals surface area contributed by atoms with E-state index in [4.69, 9.17) is 30.7 Å². The lowest BCUT2D eigenvalue weighted by Gasteiger charge is -2.54. The molecule has 2 aliphatic heterocycles. The SMILES string of the molecule is C=O.C=O.CCc1ccc(Cl)cc1.C[C@@]12CCC[C@]3(CCOC3)C1COc1c(F)ccc(F)c12. The minimum Gasteiger partial charge on any atom is -0.490 e. The Balaban J connectivity index is 0.000000265. The number of rotatable bonds is 1. The fourth-order valence-corrected chi connectivity index (χ4v) is 5.81. The van der Waals surface area contributed by atoms with Crippen molar-refractivity contribution in [3.05, 3.63) is 64.2 Å². The van der Waals surface area contributed by atoms with Crippen LogP contribution in [-0.4, -0.2) is 33.4 Å². The second kappa shape index (κ2) is 12.4. The van der Waals surface area contributed by atoms with E-state index in [1.54, 1.807) is 0 Å². The summed E-state index contributed by atoms with van der Waals surface area (Å²) in [7, 11) is 0. The number of hydrogen-bond acceptors (Lipinski definition) is 4. The van der Waals surface area contributed by atoms with Crippen molar-refractivity contribution >= 4 is 25.2 Å². The van der Waals surface area contributed by atoms with Crippen LogP contribution in [0.1, 0.15) is 50.7 Å². The Morgan fingerprint density at radius 3 is 2.24 bits per heavy atom. The smallest absolute Gasteiger partial charge is 0.165 e. The second-order valence-electron chi connectivity index (χ2n) is 9.01. The van der Waals surface area contributed by atoms with Crippen LogP contribution in [0.15, 0.2) is 36.4 Å². The zero-order chi connectivity index (χ0) is 25.4. The number of hydrogen-bond donors (Lipinski definition) is 0. The molecular formula is C27H33ClF2O4. The van der Waals surface area contributed by atoms with Crippen molar-refractivity contribution in [2.24, 2.45) is 11.3 Å². The summed E-state index contributed by atoms with van der Waals surface area (Å²) in [5.41, 5.74) is 1.50. The molecule has 2 aromatic carbocycles. The summed E-state index contributed by atoms with van der Waals surface area (Å²) in [6.07, 6.45) is 5.10. The maximum absolute atomic E-state index is 14.5. The Hall–Kier alpha value is -2.31. The van der Waals surface area contributed by atoms with Crippen LogP contribution in [0.4, 0.5) is 8.78 Å². The van der Waals surface area contributed by atoms with Gasteiger partial charge in [0.15, 0.2) is 11.6 Å². The average molecular weight is 495 g/mol. The summed E-state index contributed by atoms with van der Waals surface area (Å²) in [5, 5.41) is 0.812. The number of carbonyl (C=O) groups is 2.